The number of amides is 3. The van der Waals surface area contributed by atoms with Gasteiger partial charge in [0.05, 0.1) is 9.92 Å². The Morgan fingerprint density at radius 1 is 1.16 bits per heavy atom. The predicted octanol–water partition coefficient (Wildman–Crippen LogP) is 1.72. The van der Waals surface area contributed by atoms with Gasteiger partial charge in [-0.25, -0.2) is 4.79 Å². The van der Waals surface area contributed by atoms with E-state index >= 15 is 0 Å². The van der Waals surface area contributed by atoms with Crippen molar-refractivity contribution in [1.82, 2.24) is 9.03 Å². The minimum absolute atomic E-state index is 0.0979. The largest absolute Gasteiger partial charge is 0.338 e. The number of hydrogen-bond acceptors (Lipinski definition) is 4. The molecule has 0 saturated carbocycles. The zero-order valence-corrected chi connectivity index (χ0v) is 16.0. The van der Waals surface area contributed by atoms with Gasteiger partial charge in [0, 0.05) is 31.0 Å². The van der Waals surface area contributed by atoms with Crippen molar-refractivity contribution < 1.29 is 14.1 Å². The van der Waals surface area contributed by atoms with Crippen LogP contribution in [0.15, 0.2) is 24.3 Å². The molecule has 2 N–H and O–H groups in total. The number of piperidine rings is 1. The quantitative estimate of drug-likeness (QED) is 0.671. The molecule has 1 aromatic rings. The molecule has 0 aromatic heterocycles. The predicted molar refractivity (Wildman–Crippen MR) is 105 cm³/mol. The molecule has 3 amide bonds. The zero-order valence-electron chi connectivity index (χ0n) is 13.5. The molecular weight excluding hydrogens is 380 g/mol. The Balaban J connectivity index is 1.76. The first kappa shape index (κ1) is 18.6. The van der Waals surface area contributed by atoms with Crippen LogP contribution < -0.4 is 15.1 Å². The summed E-state index contributed by atoms with van der Waals surface area (Å²) in [6.45, 7) is 1.99. The monoisotopic (exact) mass is 400 g/mol. The fourth-order valence-electron chi connectivity index (χ4n) is 3.11. The highest BCUT2D eigenvalue weighted by atomic mass is 32.8. The first-order valence-corrected chi connectivity index (χ1v) is 10.5. The molecule has 2 aliphatic rings. The fraction of sp³-hybridized carbons (Fsp3) is 0.467. The number of nitrogens with zero attached hydrogens (tertiary/aromatic N) is 3. The van der Waals surface area contributed by atoms with E-state index in [9.17, 15) is 14.1 Å². The fourth-order valence-corrected chi connectivity index (χ4v) is 4.05. The molecule has 0 spiro atoms. The van der Waals surface area contributed by atoms with Gasteiger partial charge >= 0.3 is 6.03 Å². The molecule has 2 saturated heterocycles. The molecule has 3 rings (SSSR count). The minimum atomic E-state index is -1.48. The van der Waals surface area contributed by atoms with Gasteiger partial charge in [-0.15, -0.1) is 0 Å². The van der Waals surface area contributed by atoms with Crippen LogP contribution in [0.5, 0.6) is 0 Å². The third kappa shape index (κ3) is 3.98. The minimum Gasteiger partial charge on any atom is -0.338 e. The van der Waals surface area contributed by atoms with Gasteiger partial charge in [0.2, 0.25) is 5.91 Å². The first-order valence-electron chi connectivity index (χ1n) is 8.05. The third-order valence-electron chi connectivity index (χ3n) is 4.39. The Labute approximate surface area is 159 Å². The average Bonchev–Trinajstić information content (AvgIpc) is 2.62. The number of rotatable bonds is 4. The van der Waals surface area contributed by atoms with Crippen LogP contribution in [-0.4, -0.2) is 45.9 Å². The molecule has 2 atom stereocenters. The van der Waals surface area contributed by atoms with E-state index in [4.69, 9.17) is 11.2 Å². The lowest BCUT2D eigenvalue weighted by Gasteiger charge is -2.35. The number of hydrogen-bond donors (Lipinski definition) is 3. The summed E-state index contributed by atoms with van der Waals surface area (Å²) in [6, 6.07) is 6.74. The molecule has 2 fully saturated rings. The number of benzene rings is 1. The summed E-state index contributed by atoms with van der Waals surface area (Å²) in [4.78, 5) is 28.0. The summed E-state index contributed by atoms with van der Waals surface area (Å²) >= 11 is 8.98. The molecule has 1 aromatic carbocycles. The van der Waals surface area contributed by atoms with E-state index < -0.39 is 16.0 Å². The summed E-state index contributed by atoms with van der Waals surface area (Å²) in [5.41, 5.74) is 1.57. The van der Waals surface area contributed by atoms with Gasteiger partial charge in [-0.2, -0.15) is 3.71 Å². The Bertz CT molecular complexity index is 685. The molecule has 0 aliphatic carbocycles. The number of carbonyl (C=O) groups excluding carboxylic acids is 2. The van der Waals surface area contributed by atoms with Crippen LogP contribution in [0.25, 0.3) is 0 Å². The van der Waals surface area contributed by atoms with Crippen LogP contribution in [0, 0.1) is 0 Å². The van der Waals surface area contributed by atoms with Crippen molar-refractivity contribution in [1.29, 1.82) is 0 Å². The summed E-state index contributed by atoms with van der Waals surface area (Å²) in [5, 5.41) is 2.82. The number of thiol groups is 1. The summed E-state index contributed by atoms with van der Waals surface area (Å²) in [6.07, 6.45) is 2.32. The van der Waals surface area contributed by atoms with E-state index in [0.29, 0.717) is 26.1 Å². The highest BCUT2D eigenvalue weighted by molar-refractivity contribution is 8.27. The maximum absolute atomic E-state index is 12.7. The van der Waals surface area contributed by atoms with Crippen LogP contribution in [0.3, 0.4) is 0 Å². The lowest BCUT2D eigenvalue weighted by atomic mass is 10.0. The number of nitrogens with one attached hydrogen (secondary N) is 1. The van der Waals surface area contributed by atoms with Crippen molar-refractivity contribution in [2.45, 2.75) is 25.3 Å². The van der Waals surface area contributed by atoms with Gasteiger partial charge in [0.1, 0.15) is 6.04 Å². The van der Waals surface area contributed by atoms with E-state index in [2.05, 4.69) is 18.1 Å². The van der Waals surface area contributed by atoms with E-state index in [-0.39, 0.29) is 11.9 Å². The second-order valence-corrected chi connectivity index (χ2v) is 8.39. The second-order valence-electron chi connectivity index (χ2n) is 5.93. The normalized spacial score (nSPS) is 22.9. The topological polar surface area (TPSA) is 76.1 Å². The Morgan fingerprint density at radius 2 is 1.76 bits per heavy atom. The van der Waals surface area contributed by atoms with Gasteiger partial charge in [0.25, 0.3) is 0 Å². The molecule has 25 heavy (non-hydrogen) atoms. The summed E-state index contributed by atoms with van der Waals surface area (Å²) < 4.78 is 10.8. The molecule has 0 bridgehead atoms. The van der Waals surface area contributed by atoms with Crippen LogP contribution in [0.4, 0.5) is 16.2 Å². The standard InChI is InChI=1S/C15H20N4O3S3/c20-14-13(19(23)25(22)24)3-1-9-17(14)11-4-6-12(7-5-11)18-10-2-8-16-15(18)21/h4-7,13,23H,1-3,8-10H2,(H,16,21)(H,22,24). The van der Waals surface area contributed by atoms with Crippen molar-refractivity contribution in [2.24, 2.45) is 0 Å². The maximum atomic E-state index is 12.7. The van der Waals surface area contributed by atoms with Gasteiger partial charge in [-0.3, -0.25) is 9.69 Å². The van der Waals surface area contributed by atoms with Gasteiger partial charge in [0.15, 0.2) is 0 Å². The molecule has 136 valence electrons. The highest BCUT2D eigenvalue weighted by Gasteiger charge is 2.34. The molecule has 2 heterocycles. The van der Waals surface area contributed by atoms with Crippen molar-refractivity contribution >= 4 is 57.2 Å². The third-order valence-corrected chi connectivity index (χ3v) is 6.52. The van der Waals surface area contributed by atoms with E-state index in [1.54, 1.807) is 9.80 Å². The lowest BCUT2D eigenvalue weighted by Crippen LogP contribution is -2.50. The van der Waals surface area contributed by atoms with Gasteiger partial charge in [-0.1, -0.05) is 12.8 Å². The second kappa shape index (κ2) is 8.00. The van der Waals surface area contributed by atoms with Gasteiger partial charge in [-0.05, 0) is 54.7 Å². The average molecular weight is 401 g/mol. The molecular formula is C15H20N4O3S3. The number of urea groups is 1. The summed E-state index contributed by atoms with van der Waals surface area (Å²) in [7, 11) is -1.48. The molecule has 7 nitrogen and oxygen atoms in total. The Hall–Kier alpha value is -1.20. The number of carbonyl (C=O) groups is 2. The lowest BCUT2D eigenvalue weighted by molar-refractivity contribution is -0.122. The van der Waals surface area contributed by atoms with Crippen LogP contribution >= 0.6 is 12.8 Å². The molecule has 2 aliphatic heterocycles. The van der Waals surface area contributed by atoms with Crippen molar-refractivity contribution in [3.8, 4) is 0 Å². The van der Waals surface area contributed by atoms with Crippen molar-refractivity contribution in [3.63, 3.8) is 0 Å². The van der Waals surface area contributed by atoms with Gasteiger partial charge < -0.3 is 14.8 Å². The number of anilines is 2. The molecule has 0 radical (unpaired) electrons. The first-order chi connectivity index (χ1) is 12.0. The Morgan fingerprint density at radius 3 is 2.36 bits per heavy atom. The molecule has 2 unspecified atom stereocenters. The molecule has 10 heteroatoms. The van der Waals surface area contributed by atoms with E-state index in [0.717, 1.165) is 24.2 Å². The van der Waals surface area contributed by atoms with Crippen molar-refractivity contribution in [2.75, 3.05) is 29.4 Å². The van der Waals surface area contributed by atoms with Crippen LogP contribution in [0.2, 0.25) is 0 Å². The Kier molecular flexibility index (Phi) is 5.95. The highest BCUT2D eigenvalue weighted by Crippen LogP contribution is 2.27. The van der Waals surface area contributed by atoms with E-state index in [1.165, 1.54) is 3.71 Å². The van der Waals surface area contributed by atoms with Crippen molar-refractivity contribution in [3.05, 3.63) is 24.3 Å². The summed E-state index contributed by atoms with van der Waals surface area (Å²) in [5.74, 6) is -0.124. The van der Waals surface area contributed by atoms with Crippen LogP contribution in [-0.2, 0) is 25.9 Å². The zero-order chi connectivity index (χ0) is 18.0. The smallest absolute Gasteiger partial charge is 0.321 e. The maximum Gasteiger partial charge on any atom is 0.321 e. The van der Waals surface area contributed by atoms with E-state index in [1.807, 2.05) is 24.3 Å². The SMILES string of the molecule is O=C1NCCCN1c1ccc(N2CCCC(N(S)S(O)=S)C2=O)cc1. The van der Waals surface area contributed by atoms with Crippen LogP contribution in [0.1, 0.15) is 19.3 Å².